The first kappa shape index (κ1) is 21.1. The number of hydrogen-bond acceptors (Lipinski definition) is 7. The number of carboxylic acid groups (broad SMARTS) is 1. The Morgan fingerprint density at radius 1 is 1.19 bits per heavy atom. The Hall–Kier alpha value is -4.18. The molecule has 1 atom stereocenters. The third-order valence-electron chi connectivity index (χ3n) is 4.66. The number of carboxylic acids is 1. The van der Waals surface area contributed by atoms with Crippen LogP contribution >= 0.6 is 0 Å². The number of aliphatic carboxylic acids is 1. The highest BCUT2D eigenvalue weighted by Gasteiger charge is 2.19. The van der Waals surface area contributed by atoms with Gasteiger partial charge in [0.15, 0.2) is 11.2 Å². The van der Waals surface area contributed by atoms with E-state index in [9.17, 15) is 9.59 Å². The smallest absolute Gasteiger partial charge is 0.373 e. The molecule has 0 aliphatic heterocycles. The maximum absolute atomic E-state index is 12.3. The number of aromatic nitrogens is 4. The van der Waals surface area contributed by atoms with Crippen molar-refractivity contribution in [1.29, 1.82) is 0 Å². The number of carbonyl (C=O) groups is 1. The van der Waals surface area contributed by atoms with Gasteiger partial charge in [-0.15, -0.1) is 0 Å². The molecular formula is C22H20N4O6. The summed E-state index contributed by atoms with van der Waals surface area (Å²) in [6, 6.07) is 12.4. The van der Waals surface area contributed by atoms with Crippen molar-refractivity contribution in [2.45, 2.75) is 13.2 Å². The molecule has 32 heavy (non-hydrogen) atoms. The lowest BCUT2D eigenvalue weighted by Crippen LogP contribution is -2.28. The van der Waals surface area contributed by atoms with Gasteiger partial charge in [0, 0.05) is 7.11 Å². The number of hydrogen-bond donors (Lipinski definition) is 3. The monoisotopic (exact) mass is 436 g/mol. The predicted molar refractivity (Wildman–Crippen MR) is 116 cm³/mol. The lowest BCUT2D eigenvalue weighted by Gasteiger charge is -2.15. The average molecular weight is 436 g/mol. The topological polar surface area (TPSA) is 139 Å². The van der Waals surface area contributed by atoms with Crippen molar-refractivity contribution < 1.29 is 24.1 Å². The largest absolute Gasteiger partial charge is 0.493 e. The Morgan fingerprint density at radius 3 is 2.75 bits per heavy atom. The second kappa shape index (κ2) is 8.90. The van der Waals surface area contributed by atoms with Gasteiger partial charge in [0.2, 0.25) is 0 Å². The lowest BCUT2D eigenvalue weighted by atomic mass is 10.0. The zero-order valence-corrected chi connectivity index (χ0v) is 17.3. The molecular weight excluding hydrogens is 416 g/mol. The molecule has 2 aromatic heterocycles. The quantitative estimate of drug-likeness (QED) is 0.358. The van der Waals surface area contributed by atoms with Crippen LogP contribution in [0.2, 0.25) is 0 Å². The van der Waals surface area contributed by atoms with Crippen molar-refractivity contribution in [3.8, 4) is 34.0 Å². The Bertz CT molecular complexity index is 1330. The summed E-state index contributed by atoms with van der Waals surface area (Å²) in [5, 5.41) is 9.12. The highest BCUT2D eigenvalue weighted by Crippen LogP contribution is 2.34. The Labute approximate surface area is 181 Å². The highest BCUT2D eigenvalue weighted by atomic mass is 16.7. The van der Waals surface area contributed by atoms with Gasteiger partial charge in [0.25, 0.3) is 11.8 Å². The van der Waals surface area contributed by atoms with E-state index >= 15 is 0 Å². The summed E-state index contributed by atoms with van der Waals surface area (Å²) >= 11 is 0. The molecule has 4 rings (SSSR count). The molecule has 0 spiro atoms. The van der Waals surface area contributed by atoms with Crippen molar-refractivity contribution in [3.63, 3.8) is 0 Å². The first-order valence-corrected chi connectivity index (χ1v) is 9.73. The summed E-state index contributed by atoms with van der Waals surface area (Å²) in [5.41, 5.74) is 2.47. The Balaban J connectivity index is 1.72. The van der Waals surface area contributed by atoms with E-state index in [1.165, 1.54) is 13.4 Å². The fraction of sp³-hybridized carbons (Fsp3) is 0.182. The van der Waals surface area contributed by atoms with Gasteiger partial charge in [0.05, 0.1) is 18.5 Å². The van der Waals surface area contributed by atoms with Crippen molar-refractivity contribution in [2.75, 3.05) is 13.7 Å². The van der Waals surface area contributed by atoms with Crippen LogP contribution in [0, 0.1) is 0 Å². The zero-order chi connectivity index (χ0) is 22.7. The molecule has 3 N–H and O–H groups in total. The SMILES string of the molecule is CCOc1cc(-c2cccc(O[C@H](OC)C(=O)O)c2)ccc1-c1nc2nc[nH]c2c(=O)[nH]1. The molecule has 2 aromatic carbocycles. The van der Waals surface area contributed by atoms with Crippen LogP contribution in [0.1, 0.15) is 6.92 Å². The number of H-pyrrole nitrogens is 2. The molecule has 0 amide bonds. The fourth-order valence-electron chi connectivity index (χ4n) is 3.21. The number of aromatic amines is 2. The third kappa shape index (κ3) is 4.16. The van der Waals surface area contributed by atoms with E-state index < -0.39 is 12.3 Å². The number of nitrogens with one attached hydrogen (secondary N) is 2. The summed E-state index contributed by atoms with van der Waals surface area (Å²) in [4.78, 5) is 37.5. The lowest BCUT2D eigenvalue weighted by molar-refractivity contribution is -0.166. The van der Waals surface area contributed by atoms with Crippen molar-refractivity contribution in [2.24, 2.45) is 0 Å². The van der Waals surface area contributed by atoms with Crippen molar-refractivity contribution in [3.05, 3.63) is 59.1 Å². The van der Waals surface area contributed by atoms with Gasteiger partial charge in [-0.2, -0.15) is 0 Å². The molecule has 2 heterocycles. The van der Waals surface area contributed by atoms with Crippen LogP contribution in [0.15, 0.2) is 53.6 Å². The normalized spacial score (nSPS) is 11.9. The van der Waals surface area contributed by atoms with E-state index in [0.717, 1.165) is 11.1 Å². The molecule has 0 aliphatic rings. The van der Waals surface area contributed by atoms with E-state index in [4.69, 9.17) is 19.3 Å². The van der Waals surface area contributed by atoms with Crippen LogP contribution in [0.5, 0.6) is 11.5 Å². The molecule has 0 bridgehead atoms. The molecule has 0 aliphatic carbocycles. The van der Waals surface area contributed by atoms with Gasteiger partial charge in [0.1, 0.15) is 17.3 Å². The minimum Gasteiger partial charge on any atom is -0.493 e. The molecule has 0 saturated carbocycles. The second-order valence-electron chi connectivity index (χ2n) is 6.71. The first-order valence-electron chi connectivity index (χ1n) is 9.73. The molecule has 0 radical (unpaired) electrons. The molecule has 10 nitrogen and oxygen atoms in total. The van der Waals surface area contributed by atoms with E-state index in [1.54, 1.807) is 24.3 Å². The molecule has 0 fully saturated rings. The minimum absolute atomic E-state index is 0.302. The maximum Gasteiger partial charge on any atom is 0.373 e. The van der Waals surface area contributed by atoms with Gasteiger partial charge in [-0.25, -0.2) is 14.8 Å². The first-order chi connectivity index (χ1) is 15.5. The van der Waals surface area contributed by atoms with Gasteiger partial charge < -0.3 is 29.3 Å². The number of nitrogens with zero attached hydrogens (tertiary/aromatic N) is 2. The van der Waals surface area contributed by atoms with Crippen LogP contribution in [-0.2, 0) is 9.53 Å². The second-order valence-corrected chi connectivity index (χ2v) is 6.71. The van der Waals surface area contributed by atoms with E-state index in [-0.39, 0.29) is 5.56 Å². The summed E-state index contributed by atoms with van der Waals surface area (Å²) in [5.74, 6) is -0.0224. The Morgan fingerprint density at radius 2 is 2.00 bits per heavy atom. The molecule has 0 unspecified atom stereocenters. The van der Waals surface area contributed by atoms with Gasteiger partial charge in [-0.05, 0) is 42.3 Å². The number of imidazole rings is 1. The van der Waals surface area contributed by atoms with Crippen LogP contribution in [0.4, 0.5) is 0 Å². The summed E-state index contributed by atoms with van der Waals surface area (Å²) < 4.78 is 16.0. The van der Waals surface area contributed by atoms with Gasteiger partial charge in [-0.1, -0.05) is 18.2 Å². The van der Waals surface area contributed by atoms with E-state index in [0.29, 0.717) is 40.7 Å². The van der Waals surface area contributed by atoms with Crippen LogP contribution in [0.25, 0.3) is 33.7 Å². The fourth-order valence-corrected chi connectivity index (χ4v) is 3.21. The summed E-state index contributed by atoms with van der Waals surface area (Å²) in [6.45, 7) is 2.26. The number of methoxy groups -OCH3 is 1. The zero-order valence-electron chi connectivity index (χ0n) is 17.3. The van der Waals surface area contributed by atoms with E-state index in [1.807, 2.05) is 25.1 Å². The van der Waals surface area contributed by atoms with Crippen LogP contribution in [0.3, 0.4) is 0 Å². The highest BCUT2D eigenvalue weighted by molar-refractivity contribution is 5.77. The van der Waals surface area contributed by atoms with Crippen molar-refractivity contribution >= 4 is 17.1 Å². The van der Waals surface area contributed by atoms with Gasteiger partial charge >= 0.3 is 5.97 Å². The average Bonchev–Trinajstić information content (AvgIpc) is 3.27. The van der Waals surface area contributed by atoms with Crippen LogP contribution < -0.4 is 15.0 Å². The molecule has 4 aromatic rings. The summed E-state index contributed by atoms with van der Waals surface area (Å²) in [7, 11) is 1.26. The van der Waals surface area contributed by atoms with E-state index in [2.05, 4.69) is 19.9 Å². The number of fused-ring (bicyclic) bond motifs is 1. The molecule has 0 saturated heterocycles. The Kier molecular flexibility index (Phi) is 5.86. The van der Waals surface area contributed by atoms with Crippen molar-refractivity contribution in [1.82, 2.24) is 19.9 Å². The van der Waals surface area contributed by atoms with Crippen LogP contribution in [-0.4, -0.2) is 51.0 Å². The summed E-state index contributed by atoms with van der Waals surface area (Å²) in [6.07, 6.45) is 0.00281. The molecule has 10 heteroatoms. The third-order valence-corrected chi connectivity index (χ3v) is 4.66. The standard InChI is InChI=1S/C22H20N4O6/c1-3-31-16-10-13(12-5-4-6-14(9-12)32-22(30-2)21(28)29)7-8-15(16)18-25-19-17(20(27)26-18)23-11-24-19/h4-11,22H,3H2,1-2H3,(H,28,29)(H2,23,24,25,26,27)/t22-/m0/s1. The predicted octanol–water partition coefficient (Wildman–Crippen LogP) is 2.81. The minimum atomic E-state index is -1.41. The van der Waals surface area contributed by atoms with Gasteiger partial charge in [-0.3, -0.25) is 4.79 Å². The number of rotatable bonds is 8. The maximum atomic E-state index is 12.3. The number of ether oxygens (including phenoxy) is 3. The number of benzene rings is 2. The molecule has 164 valence electrons.